The highest BCUT2D eigenvalue weighted by Crippen LogP contribution is 2.26. The van der Waals surface area contributed by atoms with Crippen molar-refractivity contribution in [2.75, 3.05) is 0 Å². The molecule has 2 aromatic rings. The van der Waals surface area contributed by atoms with E-state index in [-0.39, 0.29) is 6.61 Å². The molecule has 0 spiro atoms. The van der Waals surface area contributed by atoms with Crippen LogP contribution in [0.25, 0.3) is 11.3 Å². The van der Waals surface area contributed by atoms with Gasteiger partial charge in [0.1, 0.15) is 5.69 Å². The van der Waals surface area contributed by atoms with Crippen molar-refractivity contribution in [2.24, 2.45) is 7.05 Å². The van der Waals surface area contributed by atoms with E-state index in [1.54, 1.807) is 4.68 Å². The van der Waals surface area contributed by atoms with E-state index in [0.29, 0.717) is 11.5 Å². The van der Waals surface area contributed by atoms with Crippen molar-refractivity contribution >= 4 is 0 Å². The number of rotatable bonds is 3. The maximum Gasteiger partial charge on any atom is 0.181 e. The van der Waals surface area contributed by atoms with Crippen molar-refractivity contribution in [1.82, 2.24) is 14.8 Å². The van der Waals surface area contributed by atoms with Crippen molar-refractivity contribution in [3.63, 3.8) is 0 Å². The van der Waals surface area contributed by atoms with Gasteiger partial charge in [-0.05, 0) is 6.42 Å². The van der Waals surface area contributed by atoms with Crippen LogP contribution in [0.5, 0.6) is 0 Å². The van der Waals surface area contributed by atoms with Crippen molar-refractivity contribution in [2.45, 2.75) is 20.0 Å². The first-order valence-electron chi connectivity index (χ1n) is 4.82. The van der Waals surface area contributed by atoms with E-state index < -0.39 is 0 Å². The van der Waals surface area contributed by atoms with Gasteiger partial charge in [0.05, 0.1) is 17.9 Å². The molecule has 0 bridgehead atoms. The Labute approximate surface area is 87.4 Å². The molecule has 2 rings (SSSR count). The second kappa shape index (κ2) is 3.86. The molecule has 0 saturated carbocycles. The minimum Gasteiger partial charge on any atom is -0.443 e. The molecule has 0 saturated heterocycles. The van der Waals surface area contributed by atoms with E-state index in [2.05, 4.69) is 10.1 Å². The number of oxazole rings is 1. The summed E-state index contributed by atoms with van der Waals surface area (Å²) in [6.07, 6.45) is 4.04. The Kier molecular flexibility index (Phi) is 2.55. The number of aliphatic hydroxyl groups is 1. The van der Waals surface area contributed by atoms with E-state index in [4.69, 9.17) is 9.52 Å². The quantitative estimate of drug-likeness (QED) is 0.819. The van der Waals surface area contributed by atoms with Gasteiger partial charge in [0.2, 0.25) is 0 Å². The Morgan fingerprint density at radius 2 is 2.27 bits per heavy atom. The monoisotopic (exact) mass is 207 g/mol. The summed E-state index contributed by atoms with van der Waals surface area (Å²) in [6.45, 7) is 1.91. The van der Waals surface area contributed by atoms with Crippen molar-refractivity contribution in [3.8, 4) is 11.3 Å². The SMILES string of the molecule is CCc1nn(C)cc1-c1ocnc1CO. The van der Waals surface area contributed by atoms with Crippen LogP contribution in [-0.4, -0.2) is 19.9 Å². The Balaban J connectivity index is 2.52. The summed E-state index contributed by atoms with van der Waals surface area (Å²) in [5.41, 5.74) is 2.41. The molecule has 2 heterocycles. The van der Waals surface area contributed by atoms with Crippen LogP contribution in [0.3, 0.4) is 0 Å². The standard InChI is InChI=1S/C10H13N3O2/c1-3-8-7(4-13(2)12-8)10-9(5-14)11-6-15-10/h4,6,14H,3,5H2,1-2H3. The fraction of sp³-hybridized carbons (Fsp3) is 0.400. The minimum atomic E-state index is -0.121. The maximum atomic E-state index is 9.09. The van der Waals surface area contributed by atoms with Crippen molar-refractivity contribution < 1.29 is 9.52 Å². The molecular weight excluding hydrogens is 194 g/mol. The summed E-state index contributed by atoms with van der Waals surface area (Å²) in [6, 6.07) is 0. The molecular formula is C10H13N3O2. The summed E-state index contributed by atoms with van der Waals surface area (Å²) >= 11 is 0. The first-order valence-corrected chi connectivity index (χ1v) is 4.82. The van der Waals surface area contributed by atoms with Crippen LogP contribution < -0.4 is 0 Å². The summed E-state index contributed by atoms with van der Waals surface area (Å²) < 4.78 is 7.01. The molecule has 5 nitrogen and oxygen atoms in total. The average molecular weight is 207 g/mol. The number of hydrogen-bond acceptors (Lipinski definition) is 4. The topological polar surface area (TPSA) is 64.1 Å². The van der Waals surface area contributed by atoms with Crippen molar-refractivity contribution in [3.05, 3.63) is 24.0 Å². The third-order valence-electron chi connectivity index (χ3n) is 2.28. The zero-order valence-corrected chi connectivity index (χ0v) is 8.77. The second-order valence-electron chi connectivity index (χ2n) is 3.30. The minimum absolute atomic E-state index is 0.121. The van der Waals surface area contributed by atoms with Gasteiger partial charge in [-0.15, -0.1) is 0 Å². The Morgan fingerprint density at radius 1 is 1.47 bits per heavy atom. The van der Waals surface area contributed by atoms with Crippen LogP contribution in [0.4, 0.5) is 0 Å². The van der Waals surface area contributed by atoms with E-state index in [1.165, 1.54) is 6.39 Å². The molecule has 0 fully saturated rings. The molecule has 0 radical (unpaired) electrons. The lowest BCUT2D eigenvalue weighted by molar-refractivity contribution is 0.277. The highest BCUT2D eigenvalue weighted by atomic mass is 16.3. The zero-order chi connectivity index (χ0) is 10.8. The Bertz CT molecular complexity index is 459. The molecule has 5 heteroatoms. The smallest absolute Gasteiger partial charge is 0.181 e. The van der Waals surface area contributed by atoms with E-state index in [0.717, 1.165) is 17.7 Å². The lowest BCUT2D eigenvalue weighted by Gasteiger charge is -1.96. The molecule has 1 N–H and O–H groups in total. The van der Waals surface area contributed by atoms with Crippen LogP contribution in [0.15, 0.2) is 17.0 Å². The van der Waals surface area contributed by atoms with Crippen molar-refractivity contribution in [1.29, 1.82) is 0 Å². The molecule has 0 aliphatic carbocycles. The normalized spacial score (nSPS) is 10.9. The van der Waals surface area contributed by atoms with Gasteiger partial charge < -0.3 is 9.52 Å². The molecule has 0 aliphatic heterocycles. The molecule has 0 unspecified atom stereocenters. The molecule has 0 aromatic carbocycles. The molecule has 0 amide bonds. The van der Waals surface area contributed by atoms with Gasteiger partial charge in [-0.2, -0.15) is 5.10 Å². The molecule has 2 aromatic heterocycles. The van der Waals surface area contributed by atoms with Gasteiger partial charge in [-0.1, -0.05) is 6.92 Å². The Hall–Kier alpha value is -1.62. The zero-order valence-electron chi connectivity index (χ0n) is 8.77. The number of hydrogen-bond donors (Lipinski definition) is 1. The number of aryl methyl sites for hydroxylation is 2. The average Bonchev–Trinajstić information content (AvgIpc) is 2.82. The maximum absolute atomic E-state index is 9.09. The fourth-order valence-electron chi connectivity index (χ4n) is 1.59. The van der Waals surface area contributed by atoms with Gasteiger partial charge in [0, 0.05) is 13.2 Å². The number of aromatic nitrogens is 3. The fourth-order valence-corrected chi connectivity index (χ4v) is 1.59. The first kappa shape index (κ1) is 9.92. The van der Waals surface area contributed by atoms with E-state index in [1.807, 2.05) is 20.2 Å². The largest absolute Gasteiger partial charge is 0.443 e. The lowest BCUT2D eigenvalue weighted by atomic mass is 10.1. The van der Waals surface area contributed by atoms with Crippen LogP contribution in [0.1, 0.15) is 18.3 Å². The highest BCUT2D eigenvalue weighted by molar-refractivity contribution is 5.61. The van der Waals surface area contributed by atoms with Gasteiger partial charge >= 0.3 is 0 Å². The third-order valence-corrected chi connectivity index (χ3v) is 2.28. The summed E-state index contributed by atoms with van der Waals surface area (Å²) in [5, 5.41) is 13.4. The van der Waals surface area contributed by atoms with Gasteiger partial charge in [-0.25, -0.2) is 4.98 Å². The summed E-state index contributed by atoms with van der Waals surface area (Å²) in [4.78, 5) is 3.94. The van der Waals surface area contributed by atoms with Crippen LogP contribution in [0, 0.1) is 0 Å². The Morgan fingerprint density at radius 3 is 2.93 bits per heavy atom. The number of nitrogens with zero attached hydrogens (tertiary/aromatic N) is 3. The summed E-state index contributed by atoms with van der Waals surface area (Å²) in [7, 11) is 1.86. The predicted molar refractivity (Wildman–Crippen MR) is 54.0 cm³/mol. The van der Waals surface area contributed by atoms with E-state index >= 15 is 0 Å². The molecule has 80 valence electrons. The van der Waals surface area contributed by atoms with Crippen LogP contribution in [0.2, 0.25) is 0 Å². The predicted octanol–water partition coefficient (Wildman–Crippen LogP) is 1.13. The molecule has 15 heavy (non-hydrogen) atoms. The lowest BCUT2D eigenvalue weighted by Crippen LogP contribution is -1.90. The second-order valence-corrected chi connectivity index (χ2v) is 3.30. The van der Waals surface area contributed by atoms with Crippen LogP contribution in [-0.2, 0) is 20.1 Å². The van der Waals surface area contributed by atoms with E-state index in [9.17, 15) is 0 Å². The molecule has 0 aliphatic rings. The summed E-state index contributed by atoms with van der Waals surface area (Å²) in [5.74, 6) is 0.613. The van der Waals surface area contributed by atoms with Gasteiger partial charge in [0.15, 0.2) is 12.2 Å². The highest BCUT2D eigenvalue weighted by Gasteiger charge is 2.15. The van der Waals surface area contributed by atoms with Gasteiger partial charge in [0.25, 0.3) is 0 Å². The van der Waals surface area contributed by atoms with Crippen LogP contribution >= 0.6 is 0 Å². The third kappa shape index (κ3) is 1.66. The molecule has 0 atom stereocenters. The van der Waals surface area contributed by atoms with Gasteiger partial charge in [-0.3, -0.25) is 4.68 Å². The first-order chi connectivity index (χ1) is 7.26. The number of aliphatic hydroxyl groups excluding tert-OH is 1.